The van der Waals surface area contributed by atoms with Gasteiger partial charge in [0.05, 0.1) is 0 Å². The lowest BCUT2D eigenvalue weighted by Gasteiger charge is -2.31. The second-order valence-electron chi connectivity index (χ2n) is 5.16. The van der Waals surface area contributed by atoms with Crippen LogP contribution in [-0.2, 0) is 11.2 Å². The van der Waals surface area contributed by atoms with E-state index >= 15 is 0 Å². The van der Waals surface area contributed by atoms with Crippen LogP contribution in [0.25, 0.3) is 0 Å². The molecule has 0 aromatic carbocycles. The Morgan fingerprint density at radius 3 is 3.26 bits per heavy atom. The van der Waals surface area contributed by atoms with Crippen LogP contribution >= 0.6 is 0 Å². The molecule has 1 aliphatic carbocycles. The molecule has 1 heterocycles. The minimum Gasteiger partial charge on any atom is -0.382 e. The zero-order valence-corrected chi connectivity index (χ0v) is 11.8. The molecule has 0 amide bonds. The van der Waals surface area contributed by atoms with Crippen LogP contribution in [0.2, 0.25) is 0 Å². The van der Waals surface area contributed by atoms with E-state index in [1.54, 1.807) is 0 Å². The van der Waals surface area contributed by atoms with Crippen molar-refractivity contribution < 1.29 is 4.74 Å². The summed E-state index contributed by atoms with van der Waals surface area (Å²) in [5.74, 6) is 6.20. The summed E-state index contributed by atoms with van der Waals surface area (Å²) in [6.45, 7) is 3.63. The van der Waals surface area contributed by atoms with E-state index in [1.807, 2.05) is 19.2 Å². The predicted octanol–water partition coefficient (Wildman–Crippen LogP) is 2.15. The topological polar surface area (TPSA) is 60.2 Å². The first kappa shape index (κ1) is 14.4. The number of aryl methyl sites for hydroxylation is 1. The minimum absolute atomic E-state index is 0.300. The highest BCUT2D eigenvalue weighted by Crippen LogP contribution is 2.33. The molecule has 1 aromatic heterocycles. The highest BCUT2D eigenvalue weighted by atomic mass is 16.5. The lowest BCUT2D eigenvalue weighted by atomic mass is 9.81. The molecule has 0 radical (unpaired) electrons. The van der Waals surface area contributed by atoms with Crippen LogP contribution in [0.5, 0.6) is 0 Å². The maximum Gasteiger partial charge on any atom is 0.0482 e. The number of fused-ring (bicyclic) bond motifs is 1. The van der Waals surface area contributed by atoms with E-state index in [-0.39, 0.29) is 0 Å². The summed E-state index contributed by atoms with van der Waals surface area (Å²) in [7, 11) is 0. The number of nitrogens with two attached hydrogens (primary N) is 1. The molecule has 2 rings (SSSR count). The summed E-state index contributed by atoms with van der Waals surface area (Å²) in [5.41, 5.74) is 5.63. The van der Waals surface area contributed by atoms with E-state index in [1.165, 1.54) is 24.1 Å². The SMILES string of the molecule is CCOCCCC(NN)C1CCCc2cccnc21. The van der Waals surface area contributed by atoms with Crippen molar-refractivity contribution in [1.29, 1.82) is 0 Å². The maximum atomic E-state index is 5.76. The Balaban J connectivity index is 1.99. The Kier molecular flexibility index (Phi) is 5.76. The molecule has 19 heavy (non-hydrogen) atoms. The van der Waals surface area contributed by atoms with Crippen LogP contribution in [0.15, 0.2) is 18.3 Å². The van der Waals surface area contributed by atoms with Crippen molar-refractivity contribution in [3.8, 4) is 0 Å². The van der Waals surface area contributed by atoms with Gasteiger partial charge in [-0.05, 0) is 50.7 Å². The number of aromatic nitrogens is 1. The lowest BCUT2D eigenvalue weighted by molar-refractivity contribution is 0.139. The molecule has 0 saturated heterocycles. The van der Waals surface area contributed by atoms with E-state index in [2.05, 4.69) is 16.5 Å². The van der Waals surface area contributed by atoms with Gasteiger partial charge in [-0.25, -0.2) is 0 Å². The summed E-state index contributed by atoms with van der Waals surface area (Å²) in [6.07, 6.45) is 7.53. The standard InChI is InChI=1S/C15H25N3O/c1-2-19-11-5-9-14(18-16)13-8-3-6-12-7-4-10-17-15(12)13/h4,7,10,13-14,18H,2-3,5-6,8-9,11,16H2,1H3. The Morgan fingerprint density at radius 2 is 2.47 bits per heavy atom. The summed E-state index contributed by atoms with van der Waals surface area (Å²) in [4.78, 5) is 4.59. The van der Waals surface area contributed by atoms with Gasteiger partial charge in [0.1, 0.15) is 0 Å². The smallest absolute Gasteiger partial charge is 0.0482 e. The number of ether oxygens (including phenoxy) is 1. The van der Waals surface area contributed by atoms with Crippen LogP contribution < -0.4 is 11.3 Å². The van der Waals surface area contributed by atoms with Gasteiger partial charge in [0.2, 0.25) is 0 Å². The molecular formula is C15H25N3O. The van der Waals surface area contributed by atoms with Gasteiger partial charge in [0, 0.05) is 37.1 Å². The quantitative estimate of drug-likeness (QED) is 0.449. The zero-order valence-electron chi connectivity index (χ0n) is 11.8. The van der Waals surface area contributed by atoms with Gasteiger partial charge >= 0.3 is 0 Å². The van der Waals surface area contributed by atoms with Gasteiger partial charge in [0.15, 0.2) is 0 Å². The van der Waals surface area contributed by atoms with Gasteiger partial charge in [-0.2, -0.15) is 0 Å². The molecule has 2 atom stereocenters. The molecular weight excluding hydrogens is 238 g/mol. The van der Waals surface area contributed by atoms with Gasteiger partial charge in [0.25, 0.3) is 0 Å². The number of hydrogen-bond donors (Lipinski definition) is 2. The summed E-state index contributed by atoms with van der Waals surface area (Å²) >= 11 is 0. The van der Waals surface area contributed by atoms with Crippen molar-refractivity contribution in [2.45, 2.75) is 51.0 Å². The largest absolute Gasteiger partial charge is 0.382 e. The number of nitrogens with one attached hydrogen (secondary N) is 1. The van der Waals surface area contributed by atoms with Crippen molar-refractivity contribution >= 4 is 0 Å². The monoisotopic (exact) mass is 263 g/mol. The first-order valence-electron chi connectivity index (χ1n) is 7.34. The van der Waals surface area contributed by atoms with E-state index in [9.17, 15) is 0 Å². The fourth-order valence-electron chi connectivity index (χ4n) is 2.99. The minimum atomic E-state index is 0.300. The first-order valence-corrected chi connectivity index (χ1v) is 7.34. The molecule has 0 saturated carbocycles. The number of rotatable bonds is 7. The molecule has 0 fully saturated rings. The highest BCUT2D eigenvalue weighted by molar-refractivity contribution is 5.27. The third-order valence-electron chi connectivity index (χ3n) is 3.95. The van der Waals surface area contributed by atoms with E-state index in [0.29, 0.717) is 12.0 Å². The lowest BCUT2D eigenvalue weighted by Crippen LogP contribution is -2.41. The molecule has 0 bridgehead atoms. The molecule has 1 aromatic rings. The van der Waals surface area contributed by atoms with Crippen LogP contribution in [0.3, 0.4) is 0 Å². The van der Waals surface area contributed by atoms with Gasteiger partial charge in [-0.1, -0.05) is 6.07 Å². The van der Waals surface area contributed by atoms with Crippen molar-refractivity contribution in [1.82, 2.24) is 10.4 Å². The first-order chi connectivity index (χ1) is 9.36. The average molecular weight is 263 g/mol. The van der Waals surface area contributed by atoms with Crippen LogP contribution in [0.1, 0.15) is 49.8 Å². The Hall–Kier alpha value is -0.970. The zero-order chi connectivity index (χ0) is 13.5. The number of pyridine rings is 1. The van der Waals surface area contributed by atoms with Crippen molar-refractivity contribution in [3.05, 3.63) is 29.6 Å². The second kappa shape index (κ2) is 7.58. The van der Waals surface area contributed by atoms with E-state index in [4.69, 9.17) is 10.6 Å². The Morgan fingerprint density at radius 1 is 1.58 bits per heavy atom. The fourth-order valence-corrected chi connectivity index (χ4v) is 2.99. The van der Waals surface area contributed by atoms with E-state index in [0.717, 1.165) is 32.5 Å². The Bertz CT molecular complexity index is 383. The van der Waals surface area contributed by atoms with Gasteiger partial charge in [-0.15, -0.1) is 0 Å². The number of hydrogen-bond acceptors (Lipinski definition) is 4. The van der Waals surface area contributed by atoms with Crippen molar-refractivity contribution in [2.24, 2.45) is 5.84 Å². The van der Waals surface area contributed by atoms with Gasteiger partial charge < -0.3 is 4.74 Å². The second-order valence-corrected chi connectivity index (χ2v) is 5.16. The third kappa shape index (κ3) is 3.75. The molecule has 0 spiro atoms. The molecule has 4 nitrogen and oxygen atoms in total. The summed E-state index contributed by atoms with van der Waals surface area (Å²) in [6, 6.07) is 4.53. The molecule has 0 aliphatic heterocycles. The average Bonchev–Trinajstić information content (AvgIpc) is 2.47. The molecule has 4 heteroatoms. The molecule has 1 aliphatic rings. The van der Waals surface area contributed by atoms with E-state index < -0.39 is 0 Å². The predicted molar refractivity (Wildman–Crippen MR) is 76.8 cm³/mol. The maximum absolute atomic E-state index is 5.76. The van der Waals surface area contributed by atoms with Crippen LogP contribution in [0, 0.1) is 0 Å². The summed E-state index contributed by atoms with van der Waals surface area (Å²) < 4.78 is 5.40. The van der Waals surface area contributed by atoms with Gasteiger partial charge in [-0.3, -0.25) is 16.3 Å². The highest BCUT2D eigenvalue weighted by Gasteiger charge is 2.27. The van der Waals surface area contributed by atoms with Crippen LogP contribution in [-0.4, -0.2) is 24.2 Å². The molecule has 3 N–H and O–H groups in total. The number of hydrazine groups is 1. The summed E-state index contributed by atoms with van der Waals surface area (Å²) in [5, 5.41) is 0. The fraction of sp³-hybridized carbons (Fsp3) is 0.667. The molecule has 106 valence electrons. The van der Waals surface area contributed by atoms with Crippen molar-refractivity contribution in [3.63, 3.8) is 0 Å². The molecule has 2 unspecified atom stereocenters. The van der Waals surface area contributed by atoms with Crippen molar-refractivity contribution in [2.75, 3.05) is 13.2 Å². The van der Waals surface area contributed by atoms with Crippen LogP contribution in [0.4, 0.5) is 0 Å². The Labute approximate surface area is 115 Å². The third-order valence-corrected chi connectivity index (χ3v) is 3.95. The normalized spacial score (nSPS) is 20.0. The number of nitrogens with zero attached hydrogens (tertiary/aromatic N) is 1.